The Labute approximate surface area is 203 Å². The lowest BCUT2D eigenvalue weighted by molar-refractivity contribution is -0.134. The van der Waals surface area contributed by atoms with Crippen molar-refractivity contribution in [2.45, 2.75) is 42.4 Å². The molecular formula is C21H24BrN7O3S. The molecule has 10 nitrogen and oxygen atoms in total. The Morgan fingerprint density at radius 2 is 2.12 bits per heavy atom. The van der Waals surface area contributed by atoms with Gasteiger partial charge in [0.2, 0.25) is 12.7 Å². The summed E-state index contributed by atoms with van der Waals surface area (Å²) >= 11 is 5.11. The second-order valence-electron chi connectivity index (χ2n) is 8.26. The second kappa shape index (κ2) is 8.99. The van der Waals surface area contributed by atoms with Gasteiger partial charge in [-0.3, -0.25) is 4.79 Å². The van der Waals surface area contributed by atoms with Crippen molar-refractivity contribution >= 4 is 50.6 Å². The Morgan fingerprint density at radius 3 is 2.91 bits per heavy atom. The molecular weight excluding hydrogens is 510 g/mol. The predicted molar refractivity (Wildman–Crippen MR) is 127 cm³/mol. The number of imidazole rings is 1. The van der Waals surface area contributed by atoms with Gasteiger partial charge in [0.1, 0.15) is 6.33 Å². The predicted octanol–water partition coefficient (Wildman–Crippen LogP) is 2.64. The molecule has 4 N–H and O–H groups in total. The first-order chi connectivity index (χ1) is 15.9. The number of amides is 1. The standard InChI is InChI=1S/C21H24BrN7O3S/c1-11(23)20(30)28-4-2-3-12(7-28)8-29-19-17(18(24)25-9-26-19)27-21(29)33-16-6-15-14(5-13(16)22)31-10-32-15/h5-6,9,11-12H,2-4,7-8,10,23H2,1H3,(H2,24,25,26)/t11-,12?/m0/s1. The number of hydrogen-bond acceptors (Lipinski definition) is 9. The van der Waals surface area contributed by atoms with Crippen LogP contribution in [0.25, 0.3) is 11.2 Å². The maximum absolute atomic E-state index is 12.5. The van der Waals surface area contributed by atoms with Gasteiger partial charge in [-0.15, -0.1) is 0 Å². The third-order valence-corrected chi connectivity index (χ3v) is 7.79. The number of piperidine rings is 1. The molecule has 1 fully saturated rings. The van der Waals surface area contributed by atoms with Crippen LogP contribution in [0.15, 0.2) is 33.0 Å². The first-order valence-electron chi connectivity index (χ1n) is 10.7. The number of anilines is 1. The summed E-state index contributed by atoms with van der Waals surface area (Å²) in [6.07, 6.45) is 3.39. The third-order valence-electron chi connectivity index (χ3n) is 5.81. The van der Waals surface area contributed by atoms with Crippen LogP contribution < -0.4 is 20.9 Å². The van der Waals surface area contributed by atoms with E-state index in [4.69, 9.17) is 25.9 Å². The molecule has 2 atom stereocenters. The van der Waals surface area contributed by atoms with Crippen LogP contribution in [0.2, 0.25) is 0 Å². The van der Waals surface area contributed by atoms with Crippen molar-refractivity contribution in [3.05, 3.63) is 22.9 Å². The summed E-state index contributed by atoms with van der Waals surface area (Å²) in [5.74, 6) is 1.97. The minimum absolute atomic E-state index is 0.0133. The molecule has 3 aromatic rings. The Bertz CT molecular complexity index is 1220. The zero-order valence-corrected chi connectivity index (χ0v) is 20.4. The highest BCUT2D eigenvalue weighted by Crippen LogP contribution is 2.43. The molecule has 1 aromatic carbocycles. The number of nitrogens with two attached hydrogens (primary N) is 2. The molecule has 1 saturated heterocycles. The van der Waals surface area contributed by atoms with Gasteiger partial charge in [-0.2, -0.15) is 0 Å². The monoisotopic (exact) mass is 533 g/mol. The zero-order valence-electron chi connectivity index (χ0n) is 18.0. The number of carbonyl (C=O) groups is 1. The largest absolute Gasteiger partial charge is 0.454 e. The van der Waals surface area contributed by atoms with Crippen LogP contribution in [0, 0.1) is 5.92 Å². The molecule has 174 valence electrons. The molecule has 0 spiro atoms. The van der Waals surface area contributed by atoms with Crippen LogP contribution in [-0.4, -0.2) is 56.3 Å². The lowest BCUT2D eigenvalue weighted by atomic mass is 9.97. The average molecular weight is 534 g/mol. The Hall–Kier alpha value is -2.57. The summed E-state index contributed by atoms with van der Waals surface area (Å²) in [4.78, 5) is 28.6. The van der Waals surface area contributed by atoms with E-state index in [9.17, 15) is 4.79 Å². The van der Waals surface area contributed by atoms with Crippen molar-refractivity contribution in [1.29, 1.82) is 0 Å². The summed E-state index contributed by atoms with van der Waals surface area (Å²) in [7, 11) is 0. The van der Waals surface area contributed by atoms with Crippen molar-refractivity contribution in [1.82, 2.24) is 24.4 Å². The Balaban J connectivity index is 1.48. The third kappa shape index (κ3) is 4.34. The number of halogens is 1. The number of hydrogen-bond donors (Lipinski definition) is 2. The maximum Gasteiger partial charge on any atom is 0.239 e. The maximum atomic E-state index is 12.5. The van der Waals surface area contributed by atoms with Gasteiger partial charge in [-0.05, 0) is 53.7 Å². The van der Waals surface area contributed by atoms with Crippen LogP contribution >= 0.6 is 27.7 Å². The topological polar surface area (TPSA) is 134 Å². The molecule has 1 amide bonds. The molecule has 2 aliphatic rings. The number of rotatable bonds is 5. The van der Waals surface area contributed by atoms with Gasteiger partial charge in [-0.25, -0.2) is 15.0 Å². The summed E-state index contributed by atoms with van der Waals surface area (Å²) in [5, 5.41) is 0.743. The first kappa shape index (κ1) is 22.2. The minimum atomic E-state index is -0.500. The summed E-state index contributed by atoms with van der Waals surface area (Å²) in [6, 6.07) is 3.32. The van der Waals surface area contributed by atoms with E-state index in [1.165, 1.54) is 18.1 Å². The van der Waals surface area contributed by atoms with E-state index >= 15 is 0 Å². The summed E-state index contributed by atoms with van der Waals surface area (Å²) in [5.41, 5.74) is 13.2. The van der Waals surface area contributed by atoms with Crippen molar-refractivity contribution in [3.63, 3.8) is 0 Å². The SMILES string of the molecule is C[C@H](N)C(=O)N1CCCC(Cn2c(Sc3cc4c(cc3Br)OCO4)nc3c(N)ncnc32)C1. The van der Waals surface area contributed by atoms with Crippen LogP contribution in [0.5, 0.6) is 11.5 Å². The normalized spacial score (nSPS) is 18.6. The van der Waals surface area contributed by atoms with E-state index in [1.807, 2.05) is 17.0 Å². The molecule has 12 heteroatoms. The Kier molecular flexibility index (Phi) is 6.06. The average Bonchev–Trinajstić information content (AvgIpc) is 3.39. The molecule has 2 aromatic heterocycles. The van der Waals surface area contributed by atoms with Gasteiger partial charge < -0.3 is 30.4 Å². The van der Waals surface area contributed by atoms with Crippen molar-refractivity contribution in [2.24, 2.45) is 11.7 Å². The van der Waals surface area contributed by atoms with E-state index in [-0.39, 0.29) is 18.6 Å². The second-order valence-corrected chi connectivity index (χ2v) is 10.1. The van der Waals surface area contributed by atoms with Crippen LogP contribution in [0.4, 0.5) is 5.82 Å². The summed E-state index contributed by atoms with van der Waals surface area (Å²) in [6.45, 7) is 3.98. The van der Waals surface area contributed by atoms with Gasteiger partial charge in [0, 0.05) is 29.0 Å². The highest BCUT2D eigenvalue weighted by molar-refractivity contribution is 9.10. The number of nitrogens with zero attached hydrogens (tertiary/aromatic N) is 5. The number of fused-ring (bicyclic) bond motifs is 2. The molecule has 4 heterocycles. The number of ether oxygens (including phenoxy) is 2. The van der Waals surface area contributed by atoms with Gasteiger partial charge in [0.15, 0.2) is 33.6 Å². The fourth-order valence-electron chi connectivity index (χ4n) is 4.21. The van der Waals surface area contributed by atoms with E-state index in [0.717, 1.165) is 33.9 Å². The quantitative estimate of drug-likeness (QED) is 0.507. The molecule has 0 radical (unpaired) electrons. The number of aromatic nitrogens is 4. The van der Waals surface area contributed by atoms with Crippen LogP contribution in [0.1, 0.15) is 19.8 Å². The number of carbonyl (C=O) groups excluding carboxylic acids is 1. The van der Waals surface area contributed by atoms with Crippen molar-refractivity contribution in [3.8, 4) is 11.5 Å². The minimum Gasteiger partial charge on any atom is -0.454 e. The smallest absolute Gasteiger partial charge is 0.239 e. The van der Waals surface area contributed by atoms with E-state index < -0.39 is 6.04 Å². The van der Waals surface area contributed by atoms with Gasteiger partial charge >= 0.3 is 0 Å². The number of nitrogen functional groups attached to an aromatic ring is 1. The molecule has 0 bridgehead atoms. The first-order valence-corrected chi connectivity index (χ1v) is 12.3. The lowest BCUT2D eigenvalue weighted by Crippen LogP contribution is -2.47. The fraction of sp³-hybridized carbons (Fsp3) is 0.429. The Morgan fingerprint density at radius 1 is 1.33 bits per heavy atom. The van der Waals surface area contributed by atoms with E-state index in [2.05, 4.69) is 30.5 Å². The van der Waals surface area contributed by atoms with Crippen LogP contribution in [-0.2, 0) is 11.3 Å². The van der Waals surface area contributed by atoms with Gasteiger partial charge in [-0.1, -0.05) is 11.8 Å². The molecule has 5 rings (SSSR count). The zero-order chi connectivity index (χ0) is 23.1. The number of benzene rings is 1. The van der Waals surface area contributed by atoms with E-state index in [0.29, 0.717) is 41.6 Å². The summed E-state index contributed by atoms with van der Waals surface area (Å²) < 4.78 is 13.9. The van der Waals surface area contributed by atoms with Gasteiger partial charge in [0.25, 0.3) is 0 Å². The molecule has 2 aliphatic heterocycles. The lowest BCUT2D eigenvalue weighted by Gasteiger charge is -2.34. The highest BCUT2D eigenvalue weighted by Gasteiger charge is 2.28. The number of likely N-dealkylation sites (tertiary alicyclic amines) is 1. The molecule has 33 heavy (non-hydrogen) atoms. The van der Waals surface area contributed by atoms with Crippen molar-refractivity contribution < 1.29 is 14.3 Å². The van der Waals surface area contributed by atoms with Crippen LogP contribution in [0.3, 0.4) is 0 Å². The molecule has 0 aliphatic carbocycles. The molecule has 0 saturated carbocycles. The molecule has 1 unspecified atom stereocenters. The highest BCUT2D eigenvalue weighted by atomic mass is 79.9. The van der Waals surface area contributed by atoms with Gasteiger partial charge in [0.05, 0.1) is 6.04 Å². The van der Waals surface area contributed by atoms with E-state index in [1.54, 1.807) is 6.92 Å². The fourth-order valence-corrected chi connectivity index (χ4v) is 5.70. The van der Waals surface area contributed by atoms with Crippen molar-refractivity contribution in [2.75, 3.05) is 25.6 Å².